The van der Waals surface area contributed by atoms with Gasteiger partial charge in [-0.15, -0.1) is 0 Å². The van der Waals surface area contributed by atoms with Crippen molar-refractivity contribution in [3.8, 4) is 22.5 Å². The van der Waals surface area contributed by atoms with Crippen LogP contribution < -0.4 is 9.80 Å². The molecule has 11 aromatic rings. The number of anilines is 6. The van der Waals surface area contributed by atoms with Crippen molar-refractivity contribution in [2.24, 2.45) is 0 Å². The Kier molecular flexibility index (Phi) is 7.52. The lowest BCUT2D eigenvalue weighted by molar-refractivity contribution is 0.628. The third-order valence-electron chi connectivity index (χ3n) is 13.2. The normalized spacial score (nSPS) is 14.5. The van der Waals surface area contributed by atoms with Crippen LogP contribution in [-0.4, -0.2) is 0 Å². The predicted octanol–water partition coefficient (Wildman–Crippen LogP) is 16.0. The van der Waals surface area contributed by atoms with Crippen LogP contribution in [0.15, 0.2) is 235 Å². The molecule has 13 rings (SSSR count). The van der Waals surface area contributed by atoms with Crippen LogP contribution in [0.3, 0.4) is 0 Å². The Morgan fingerprint density at radius 1 is 0.339 bits per heavy atom. The van der Waals surface area contributed by atoms with Gasteiger partial charge < -0.3 is 14.2 Å². The van der Waals surface area contributed by atoms with Crippen LogP contribution in [0.1, 0.15) is 22.3 Å². The number of nitrogens with zero attached hydrogens (tertiary/aromatic N) is 2. The van der Waals surface area contributed by atoms with E-state index in [1.165, 1.54) is 54.9 Å². The molecule has 0 saturated heterocycles. The fourth-order valence-corrected chi connectivity index (χ4v) is 10.9. The van der Waals surface area contributed by atoms with E-state index in [1.54, 1.807) is 0 Å². The molecule has 290 valence electrons. The van der Waals surface area contributed by atoms with Crippen LogP contribution in [0.5, 0.6) is 0 Å². The van der Waals surface area contributed by atoms with E-state index in [0.717, 1.165) is 56.4 Å². The van der Waals surface area contributed by atoms with Gasteiger partial charge in [0.15, 0.2) is 0 Å². The minimum absolute atomic E-state index is 0.731. The van der Waals surface area contributed by atoms with E-state index in [0.29, 0.717) is 0 Å². The molecular formula is C59H38N2O. The van der Waals surface area contributed by atoms with Gasteiger partial charge in [0, 0.05) is 44.5 Å². The maximum absolute atomic E-state index is 7.30. The lowest BCUT2D eigenvalue weighted by atomic mass is 9.69. The number of hydrogen-bond donors (Lipinski definition) is 0. The topological polar surface area (TPSA) is 19.6 Å². The number of benzene rings is 10. The molecule has 0 bridgehead atoms. The minimum Gasteiger partial charge on any atom is -0.456 e. The zero-order chi connectivity index (χ0) is 40.8. The summed E-state index contributed by atoms with van der Waals surface area (Å²) in [5.74, 6) is 0.909. The van der Waals surface area contributed by atoms with E-state index in [9.17, 15) is 0 Å². The van der Waals surface area contributed by atoms with E-state index in [1.807, 2.05) is 0 Å². The summed E-state index contributed by atoms with van der Waals surface area (Å²) in [6.45, 7) is 0. The molecular weight excluding hydrogens is 753 g/mol. The van der Waals surface area contributed by atoms with Gasteiger partial charge in [-0.25, -0.2) is 0 Å². The van der Waals surface area contributed by atoms with Crippen LogP contribution in [0.2, 0.25) is 0 Å². The molecule has 3 heteroatoms. The zero-order valence-electron chi connectivity index (χ0n) is 33.7. The summed E-state index contributed by atoms with van der Waals surface area (Å²) in [6, 6.07) is 83.8. The molecule has 0 aliphatic heterocycles. The molecule has 62 heavy (non-hydrogen) atoms. The Bertz CT molecular complexity index is 3500. The van der Waals surface area contributed by atoms with Gasteiger partial charge in [0.05, 0.1) is 22.5 Å². The molecule has 0 radical (unpaired) electrons. The quantitative estimate of drug-likeness (QED) is 0.156. The Hall–Kier alpha value is -8.14. The van der Waals surface area contributed by atoms with E-state index in [4.69, 9.17) is 4.42 Å². The van der Waals surface area contributed by atoms with Gasteiger partial charge >= 0.3 is 0 Å². The van der Waals surface area contributed by atoms with Gasteiger partial charge in [-0.3, -0.25) is 0 Å². The molecule has 2 aliphatic rings. The van der Waals surface area contributed by atoms with E-state index in [-0.39, 0.29) is 0 Å². The van der Waals surface area contributed by atoms with Crippen molar-refractivity contribution >= 4 is 66.6 Å². The summed E-state index contributed by atoms with van der Waals surface area (Å²) in [6.07, 6.45) is 0. The van der Waals surface area contributed by atoms with Crippen LogP contribution >= 0.6 is 0 Å². The maximum Gasteiger partial charge on any atom is 0.142 e. The highest BCUT2D eigenvalue weighted by Crippen LogP contribution is 2.68. The second kappa shape index (κ2) is 13.4. The zero-order valence-corrected chi connectivity index (χ0v) is 33.7. The van der Waals surface area contributed by atoms with Gasteiger partial charge in [-0.1, -0.05) is 170 Å². The van der Waals surface area contributed by atoms with Crippen molar-refractivity contribution in [2.45, 2.75) is 5.41 Å². The number of furan rings is 1. The second-order valence-corrected chi connectivity index (χ2v) is 16.3. The first-order valence-corrected chi connectivity index (χ1v) is 21.4. The lowest BCUT2D eigenvalue weighted by Crippen LogP contribution is -2.28. The largest absolute Gasteiger partial charge is 0.456 e. The molecule has 1 unspecified atom stereocenters. The molecule has 0 saturated carbocycles. The van der Waals surface area contributed by atoms with Crippen molar-refractivity contribution in [1.29, 1.82) is 0 Å². The Balaban J connectivity index is 1.19. The molecule has 1 heterocycles. The summed E-state index contributed by atoms with van der Waals surface area (Å²) < 4.78 is 7.30. The highest BCUT2D eigenvalue weighted by molar-refractivity contribution is 6.16. The number of para-hydroxylation sites is 4. The van der Waals surface area contributed by atoms with Crippen molar-refractivity contribution in [2.75, 3.05) is 9.80 Å². The highest BCUT2D eigenvalue weighted by Gasteiger charge is 2.57. The van der Waals surface area contributed by atoms with Crippen LogP contribution in [-0.2, 0) is 5.41 Å². The summed E-state index contributed by atoms with van der Waals surface area (Å²) in [4.78, 5) is 4.91. The predicted molar refractivity (Wildman–Crippen MR) is 257 cm³/mol. The van der Waals surface area contributed by atoms with Gasteiger partial charge in [-0.05, 0) is 99.1 Å². The maximum atomic E-state index is 7.30. The van der Waals surface area contributed by atoms with Crippen molar-refractivity contribution in [1.82, 2.24) is 0 Å². The van der Waals surface area contributed by atoms with Crippen molar-refractivity contribution < 1.29 is 4.42 Å². The average molecular weight is 791 g/mol. The van der Waals surface area contributed by atoms with Crippen molar-refractivity contribution in [3.63, 3.8) is 0 Å². The third-order valence-corrected chi connectivity index (χ3v) is 13.2. The first-order valence-electron chi connectivity index (χ1n) is 21.4. The number of hydrogen-bond acceptors (Lipinski definition) is 3. The molecule has 0 amide bonds. The van der Waals surface area contributed by atoms with Crippen molar-refractivity contribution in [3.05, 3.63) is 253 Å². The molecule has 2 aliphatic carbocycles. The molecule has 10 aromatic carbocycles. The van der Waals surface area contributed by atoms with Crippen LogP contribution in [0.25, 0.3) is 55.0 Å². The summed E-state index contributed by atoms with van der Waals surface area (Å²) >= 11 is 0. The first kappa shape index (κ1) is 34.7. The van der Waals surface area contributed by atoms with Gasteiger partial charge in [0.2, 0.25) is 0 Å². The number of fused-ring (bicyclic) bond motifs is 15. The Morgan fingerprint density at radius 3 is 1.61 bits per heavy atom. The molecule has 0 N–H and O–H groups in total. The third kappa shape index (κ3) is 4.76. The lowest BCUT2D eigenvalue weighted by Gasteiger charge is -2.36. The van der Waals surface area contributed by atoms with Crippen LogP contribution in [0, 0.1) is 0 Å². The molecule has 3 nitrogen and oxygen atoms in total. The smallest absolute Gasteiger partial charge is 0.142 e. The SMILES string of the molecule is c1ccc(N(c2ccccc2)c2cccc3c2C2(c4ccccc4-3)c3cccc(N(c4ccccc4)c4cc5ccccc5c5ccccc45)c3-c3oc4ccccc4c32)cc1. The average Bonchev–Trinajstić information content (AvgIpc) is 3.97. The van der Waals surface area contributed by atoms with Crippen LogP contribution in [0.4, 0.5) is 34.1 Å². The van der Waals surface area contributed by atoms with E-state index < -0.39 is 5.41 Å². The number of rotatable bonds is 6. The summed E-state index contributed by atoms with van der Waals surface area (Å²) in [5, 5.41) is 5.96. The van der Waals surface area contributed by atoms with Gasteiger partial charge in [0.25, 0.3) is 0 Å². The Labute approximate surface area is 360 Å². The first-order chi connectivity index (χ1) is 30.8. The Morgan fingerprint density at radius 2 is 0.871 bits per heavy atom. The fourth-order valence-electron chi connectivity index (χ4n) is 10.9. The van der Waals surface area contributed by atoms with E-state index >= 15 is 0 Å². The molecule has 1 aromatic heterocycles. The summed E-state index contributed by atoms with van der Waals surface area (Å²) in [7, 11) is 0. The van der Waals surface area contributed by atoms with E-state index in [2.05, 4.69) is 240 Å². The molecule has 1 spiro atoms. The highest BCUT2D eigenvalue weighted by atomic mass is 16.3. The standard InChI is InChI=1S/C59H38N2O/c1-4-21-40(22-5-1)60(41-23-6-2-7-24-41)52-36-18-32-47-45-29-14-16-33-49(45)59(56(47)52)50-34-19-35-51(55(50)58-57(59)48-31-15-17-37-54(48)62-58)61(42-25-8-3-9-26-42)53-38-39-20-10-11-27-43(39)44-28-12-13-30-46(44)53/h1-38H. The molecule has 0 fully saturated rings. The molecule has 1 atom stereocenters. The fraction of sp³-hybridized carbons (Fsp3) is 0.0169. The monoisotopic (exact) mass is 790 g/mol. The summed E-state index contributed by atoms with van der Waals surface area (Å²) in [5.41, 5.74) is 15.2. The minimum atomic E-state index is -0.731. The van der Waals surface area contributed by atoms with Gasteiger partial charge in [-0.2, -0.15) is 0 Å². The van der Waals surface area contributed by atoms with Gasteiger partial charge in [0.1, 0.15) is 11.3 Å². The second-order valence-electron chi connectivity index (χ2n) is 16.3.